The van der Waals surface area contributed by atoms with Crippen LogP contribution in [0.25, 0.3) is 0 Å². The highest BCUT2D eigenvalue weighted by atomic mass is 79.9. The highest BCUT2D eigenvalue weighted by Crippen LogP contribution is 2.35. The number of carbonyl (C=O) groups is 2. The van der Waals surface area contributed by atoms with Gasteiger partial charge in [0.15, 0.2) is 0 Å². The van der Waals surface area contributed by atoms with Gasteiger partial charge < -0.3 is 10.4 Å². The molecular weight excluding hydrogens is 334 g/mol. The van der Waals surface area contributed by atoms with Crippen LogP contribution in [0.4, 0.5) is 0 Å². The Kier molecular flexibility index (Phi) is 4.16. The lowest BCUT2D eigenvalue weighted by atomic mass is 9.74. The SMILES string of the molecule is O=C(O)CC1(NC(=O)c2cc(Br)ccc2Cl)CCC1. The predicted octanol–water partition coefficient (Wildman–Crippen LogP) is 3.23. The van der Waals surface area contributed by atoms with Gasteiger partial charge in [-0.15, -0.1) is 0 Å². The lowest BCUT2D eigenvalue weighted by molar-refractivity contribution is -0.139. The zero-order chi connectivity index (χ0) is 14.0. The summed E-state index contributed by atoms with van der Waals surface area (Å²) < 4.78 is 0.753. The first-order valence-corrected chi connectivity index (χ1v) is 7.08. The first-order chi connectivity index (χ1) is 8.92. The number of carboxylic acids is 1. The summed E-state index contributed by atoms with van der Waals surface area (Å²) in [5.41, 5.74) is -0.262. The van der Waals surface area contributed by atoms with E-state index in [1.165, 1.54) is 0 Å². The molecule has 1 aromatic carbocycles. The van der Waals surface area contributed by atoms with Gasteiger partial charge in [0.1, 0.15) is 0 Å². The molecule has 0 saturated heterocycles. The minimum atomic E-state index is -0.902. The van der Waals surface area contributed by atoms with Gasteiger partial charge in [0.25, 0.3) is 5.91 Å². The molecule has 1 fully saturated rings. The van der Waals surface area contributed by atoms with Crippen LogP contribution < -0.4 is 5.32 Å². The van der Waals surface area contributed by atoms with Crippen LogP contribution in [0.1, 0.15) is 36.0 Å². The molecule has 0 aromatic heterocycles. The van der Waals surface area contributed by atoms with E-state index in [-0.39, 0.29) is 12.3 Å². The standard InChI is InChI=1S/C13H13BrClNO3/c14-8-2-3-10(15)9(6-8)12(19)16-13(4-1-5-13)7-11(17)18/h2-3,6H,1,4-5,7H2,(H,16,19)(H,17,18). The van der Waals surface area contributed by atoms with E-state index in [1.54, 1.807) is 18.2 Å². The maximum atomic E-state index is 12.2. The Balaban J connectivity index is 2.16. The van der Waals surface area contributed by atoms with Crippen LogP contribution in [0, 0.1) is 0 Å². The minimum absolute atomic E-state index is 0.0512. The average Bonchev–Trinajstić information content (AvgIpc) is 2.28. The van der Waals surface area contributed by atoms with Gasteiger partial charge >= 0.3 is 5.97 Å². The molecule has 0 radical (unpaired) electrons. The van der Waals surface area contributed by atoms with Gasteiger partial charge in [0.2, 0.25) is 0 Å². The van der Waals surface area contributed by atoms with Crippen molar-refractivity contribution < 1.29 is 14.7 Å². The van der Waals surface area contributed by atoms with E-state index in [9.17, 15) is 9.59 Å². The van der Waals surface area contributed by atoms with Crippen molar-refractivity contribution in [2.75, 3.05) is 0 Å². The molecule has 0 heterocycles. The molecule has 1 aliphatic carbocycles. The zero-order valence-corrected chi connectivity index (χ0v) is 12.4. The Morgan fingerprint density at radius 3 is 2.63 bits per heavy atom. The first kappa shape index (κ1) is 14.3. The van der Waals surface area contributed by atoms with Gasteiger partial charge in [0, 0.05) is 4.47 Å². The number of halogens is 2. The average molecular weight is 347 g/mol. The monoisotopic (exact) mass is 345 g/mol. The van der Waals surface area contributed by atoms with Gasteiger partial charge in [-0.25, -0.2) is 0 Å². The van der Waals surface area contributed by atoms with E-state index in [1.807, 2.05) is 0 Å². The van der Waals surface area contributed by atoms with Crippen LogP contribution in [0.2, 0.25) is 5.02 Å². The number of carboxylic acid groups (broad SMARTS) is 1. The van der Waals surface area contributed by atoms with Crippen molar-refractivity contribution >= 4 is 39.4 Å². The third kappa shape index (κ3) is 3.28. The van der Waals surface area contributed by atoms with Crippen molar-refractivity contribution in [1.29, 1.82) is 0 Å². The van der Waals surface area contributed by atoms with Crippen LogP contribution in [0.3, 0.4) is 0 Å². The Bertz CT molecular complexity index is 529. The molecule has 1 aromatic rings. The van der Waals surface area contributed by atoms with Gasteiger partial charge in [-0.2, -0.15) is 0 Å². The Labute approximate surface area is 124 Å². The van der Waals surface area contributed by atoms with Crippen molar-refractivity contribution in [3.05, 3.63) is 33.3 Å². The summed E-state index contributed by atoms with van der Waals surface area (Å²) in [6, 6.07) is 5.01. The molecule has 4 nitrogen and oxygen atoms in total. The summed E-state index contributed by atoms with van der Waals surface area (Å²) in [5.74, 6) is -1.23. The molecule has 1 amide bonds. The summed E-state index contributed by atoms with van der Waals surface area (Å²) in [6.45, 7) is 0. The van der Waals surface area contributed by atoms with E-state index in [0.29, 0.717) is 23.4 Å². The van der Waals surface area contributed by atoms with Crippen LogP contribution >= 0.6 is 27.5 Å². The van der Waals surface area contributed by atoms with Gasteiger partial charge in [-0.1, -0.05) is 27.5 Å². The first-order valence-electron chi connectivity index (χ1n) is 5.91. The molecule has 0 atom stereocenters. The number of carbonyl (C=O) groups excluding carboxylic acids is 1. The van der Waals surface area contributed by atoms with Gasteiger partial charge in [0.05, 0.1) is 22.5 Å². The minimum Gasteiger partial charge on any atom is -0.481 e. The molecule has 1 aliphatic rings. The zero-order valence-electron chi connectivity index (χ0n) is 10.1. The molecule has 0 aliphatic heterocycles. The number of nitrogens with one attached hydrogen (secondary N) is 1. The molecule has 0 unspecified atom stereocenters. The molecule has 19 heavy (non-hydrogen) atoms. The molecule has 2 N–H and O–H groups in total. The Hall–Kier alpha value is -1.07. The van der Waals surface area contributed by atoms with Crippen molar-refractivity contribution in [3.8, 4) is 0 Å². The fourth-order valence-corrected chi connectivity index (χ4v) is 2.78. The van der Waals surface area contributed by atoms with Crippen molar-refractivity contribution in [2.45, 2.75) is 31.2 Å². The van der Waals surface area contributed by atoms with Crippen molar-refractivity contribution in [2.24, 2.45) is 0 Å². The molecule has 0 spiro atoms. The summed E-state index contributed by atoms with van der Waals surface area (Å²) in [4.78, 5) is 23.1. The molecule has 1 saturated carbocycles. The predicted molar refractivity (Wildman–Crippen MR) is 75.5 cm³/mol. The third-order valence-corrected chi connectivity index (χ3v) is 4.17. The number of benzene rings is 1. The van der Waals surface area contributed by atoms with E-state index in [2.05, 4.69) is 21.2 Å². The second-order valence-electron chi connectivity index (χ2n) is 4.78. The van der Waals surface area contributed by atoms with Gasteiger partial charge in [-0.3, -0.25) is 9.59 Å². The second-order valence-corrected chi connectivity index (χ2v) is 6.11. The normalized spacial score (nSPS) is 16.5. The number of hydrogen-bond acceptors (Lipinski definition) is 2. The van der Waals surface area contributed by atoms with Crippen LogP contribution in [0.5, 0.6) is 0 Å². The fraction of sp³-hybridized carbons (Fsp3) is 0.385. The maximum Gasteiger partial charge on any atom is 0.305 e. The lowest BCUT2D eigenvalue weighted by Crippen LogP contribution is -2.54. The fourth-order valence-electron chi connectivity index (χ4n) is 2.22. The summed E-state index contributed by atoms with van der Waals surface area (Å²) >= 11 is 9.27. The van der Waals surface area contributed by atoms with Crippen LogP contribution in [-0.2, 0) is 4.79 Å². The second kappa shape index (κ2) is 5.51. The molecule has 6 heteroatoms. The number of aliphatic carboxylic acids is 1. The Morgan fingerprint density at radius 2 is 2.11 bits per heavy atom. The maximum absolute atomic E-state index is 12.2. The molecular formula is C13H13BrClNO3. The summed E-state index contributed by atoms with van der Waals surface area (Å²) in [5, 5.41) is 12.1. The smallest absolute Gasteiger partial charge is 0.305 e. The number of hydrogen-bond donors (Lipinski definition) is 2. The summed E-state index contributed by atoms with van der Waals surface area (Å²) in [7, 11) is 0. The topological polar surface area (TPSA) is 66.4 Å². The number of rotatable bonds is 4. The molecule has 2 rings (SSSR count). The highest BCUT2D eigenvalue weighted by molar-refractivity contribution is 9.10. The quantitative estimate of drug-likeness (QED) is 0.879. The largest absolute Gasteiger partial charge is 0.481 e. The lowest BCUT2D eigenvalue weighted by Gasteiger charge is -2.41. The van der Waals surface area contributed by atoms with Crippen molar-refractivity contribution in [3.63, 3.8) is 0 Å². The third-order valence-electron chi connectivity index (χ3n) is 3.35. The van der Waals surface area contributed by atoms with E-state index < -0.39 is 11.5 Å². The molecule has 0 bridgehead atoms. The van der Waals surface area contributed by atoms with Crippen LogP contribution in [0.15, 0.2) is 22.7 Å². The molecule has 102 valence electrons. The Morgan fingerprint density at radius 1 is 1.42 bits per heavy atom. The van der Waals surface area contributed by atoms with Gasteiger partial charge in [-0.05, 0) is 37.5 Å². The highest BCUT2D eigenvalue weighted by Gasteiger charge is 2.40. The number of amides is 1. The van der Waals surface area contributed by atoms with Crippen LogP contribution in [-0.4, -0.2) is 22.5 Å². The van der Waals surface area contributed by atoms with Crippen molar-refractivity contribution in [1.82, 2.24) is 5.32 Å². The summed E-state index contributed by atoms with van der Waals surface area (Å²) in [6.07, 6.45) is 2.26. The van der Waals surface area contributed by atoms with E-state index >= 15 is 0 Å². The van der Waals surface area contributed by atoms with E-state index in [0.717, 1.165) is 10.9 Å². The van der Waals surface area contributed by atoms with E-state index in [4.69, 9.17) is 16.7 Å².